The minimum atomic E-state index is -1.23. The van der Waals surface area contributed by atoms with Gasteiger partial charge in [0.05, 0.1) is 12.1 Å². The van der Waals surface area contributed by atoms with Crippen LogP contribution in [0.2, 0.25) is 10.0 Å². The lowest BCUT2D eigenvalue weighted by Gasteiger charge is -2.09. The molecule has 0 bridgehead atoms. The molecule has 14 heavy (non-hydrogen) atoms. The molecule has 4 nitrogen and oxygen atoms in total. The Labute approximate surface area is 89.6 Å². The van der Waals surface area contributed by atoms with Crippen LogP contribution < -0.4 is 4.74 Å². The maximum absolute atomic E-state index is 10.7. The molecule has 0 aliphatic heterocycles. The van der Waals surface area contributed by atoms with Gasteiger partial charge in [0, 0.05) is 0 Å². The van der Waals surface area contributed by atoms with Crippen molar-refractivity contribution in [1.29, 1.82) is 0 Å². The van der Waals surface area contributed by atoms with Gasteiger partial charge in [-0.2, -0.15) is 0 Å². The lowest BCUT2D eigenvalue weighted by atomic mass is 10.2. The van der Waals surface area contributed by atoms with Gasteiger partial charge in [0.25, 0.3) is 0 Å². The predicted octanol–water partition coefficient (Wildman–Crippen LogP) is 2.41. The van der Waals surface area contributed by atoms with Crippen molar-refractivity contribution in [2.75, 3.05) is 7.11 Å². The number of carboxylic acid groups (broad SMARTS) is 1. The summed E-state index contributed by atoms with van der Waals surface area (Å²) in [6, 6.07) is 1.07. The van der Waals surface area contributed by atoms with Crippen LogP contribution in [-0.2, 0) is 0 Å². The fourth-order valence-electron chi connectivity index (χ4n) is 0.950. The van der Waals surface area contributed by atoms with Gasteiger partial charge in [-0.15, -0.1) is 0 Å². The maximum atomic E-state index is 10.7. The number of rotatable bonds is 2. The molecule has 0 unspecified atom stereocenters. The topological polar surface area (TPSA) is 66.8 Å². The molecule has 0 heterocycles. The average molecular weight is 237 g/mol. The van der Waals surface area contributed by atoms with Gasteiger partial charge >= 0.3 is 5.97 Å². The summed E-state index contributed by atoms with van der Waals surface area (Å²) in [6.45, 7) is 0. The molecular weight excluding hydrogens is 231 g/mol. The normalized spacial score (nSPS) is 9.93. The van der Waals surface area contributed by atoms with E-state index in [0.717, 1.165) is 6.07 Å². The molecule has 0 aliphatic carbocycles. The highest BCUT2D eigenvalue weighted by atomic mass is 35.5. The number of methoxy groups -OCH3 is 1. The molecular formula is C8H6Cl2O4. The lowest BCUT2D eigenvalue weighted by molar-refractivity contribution is 0.0693. The number of aromatic carboxylic acids is 1. The van der Waals surface area contributed by atoms with Crippen LogP contribution in [0.4, 0.5) is 0 Å². The summed E-state index contributed by atoms with van der Waals surface area (Å²) in [5.74, 6) is -1.73. The van der Waals surface area contributed by atoms with E-state index in [0.29, 0.717) is 0 Å². The molecule has 1 rings (SSSR count). The summed E-state index contributed by atoms with van der Waals surface area (Å²) in [7, 11) is 1.25. The Kier molecular flexibility index (Phi) is 3.08. The Morgan fingerprint density at radius 3 is 2.50 bits per heavy atom. The number of phenolic OH excluding ortho intramolecular Hbond substituents is 1. The van der Waals surface area contributed by atoms with Crippen LogP contribution in [0.1, 0.15) is 10.4 Å². The van der Waals surface area contributed by atoms with Gasteiger partial charge < -0.3 is 14.9 Å². The van der Waals surface area contributed by atoms with E-state index in [1.807, 2.05) is 0 Å². The highest BCUT2D eigenvalue weighted by Gasteiger charge is 2.20. The molecule has 0 aromatic heterocycles. The number of hydrogen-bond donors (Lipinski definition) is 2. The standard InChI is InChI=1S/C8H6Cl2O4/c1-14-7-3(8(12)13)2-4(9)6(11)5(7)10/h2,11H,1H3,(H,12,13). The third-order valence-corrected chi connectivity index (χ3v) is 2.22. The number of carbonyl (C=O) groups is 1. The molecule has 76 valence electrons. The molecule has 0 amide bonds. The molecule has 0 atom stereocenters. The van der Waals surface area contributed by atoms with Crippen LogP contribution in [0.5, 0.6) is 11.5 Å². The van der Waals surface area contributed by atoms with Crippen LogP contribution >= 0.6 is 23.2 Å². The van der Waals surface area contributed by atoms with Gasteiger partial charge in [0.15, 0.2) is 11.5 Å². The zero-order valence-corrected chi connectivity index (χ0v) is 8.56. The fourth-order valence-corrected chi connectivity index (χ4v) is 1.48. The van der Waals surface area contributed by atoms with E-state index in [9.17, 15) is 9.90 Å². The molecule has 0 spiro atoms. The van der Waals surface area contributed by atoms with Crippen molar-refractivity contribution < 1.29 is 19.7 Å². The lowest BCUT2D eigenvalue weighted by Crippen LogP contribution is -2.01. The summed E-state index contributed by atoms with van der Waals surface area (Å²) in [5, 5.41) is 17.7. The molecule has 0 saturated carbocycles. The summed E-state index contributed by atoms with van der Waals surface area (Å²) in [4.78, 5) is 10.7. The van der Waals surface area contributed by atoms with Gasteiger partial charge in [0.2, 0.25) is 0 Å². The van der Waals surface area contributed by atoms with E-state index in [2.05, 4.69) is 0 Å². The van der Waals surface area contributed by atoms with Crippen LogP contribution in [0.3, 0.4) is 0 Å². The van der Waals surface area contributed by atoms with Crippen molar-refractivity contribution in [3.63, 3.8) is 0 Å². The second-order valence-electron chi connectivity index (χ2n) is 2.41. The van der Waals surface area contributed by atoms with E-state index in [4.69, 9.17) is 33.0 Å². The first-order chi connectivity index (χ1) is 6.49. The van der Waals surface area contributed by atoms with Gasteiger partial charge in [-0.1, -0.05) is 23.2 Å². The van der Waals surface area contributed by atoms with Crippen LogP contribution in [0.15, 0.2) is 6.07 Å². The van der Waals surface area contributed by atoms with Crippen LogP contribution in [0.25, 0.3) is 0 Å². The van der Waals surface area contributed by atoms with Crippen molar-refractivity contribution in [3.05, 3.63) is 21.7 Å². The van der Waals surface area contributed by atoms with Crippen molar-refractivity contribution >= 4 is 29.2 Å². The minimum Gasteiger partial charge on any atom is -0.505 e. The fraction of sp³-hybridized carbons (Fsp3) is 0.125. The summed E-state index contributed by atoms with van der Waals surface area (Å²) >= 11 is 11.2. The molecule has 0 aliphatic rings. The van der Waals surface area contributed by atoms with Crippen molar-refractivity contribution in [3.8, 4) is 11.5 Å². The van der Waals surface area contributed by atoms with Gasteiger partial charge in [-0.05, 0) is 6.07 Å². The zero-order valence-electron chi connectivity index (χ0n) is 7.04. The number of aromatic hydroxyl groups is 1. The van der Waals surface area contributed by atoms with Crippen molar-refractivity contribution in [1.82, 2.24) is 0 Å². The summed E-state index contributed by atoms with van der Waals surface area (Å²) in [6.07, 6.45) is 0. The third kappa shape index (κ3) is 1.71. The SMILES string of the molecule is COc1c(C(=O)O)cc(Cl)c(O)c1Cl. The molecule has 0 fully saturated rings. The van der Waals surface area contributed by atoms with Gasteiger partial charge in [-0.25, -0.2) is 4.79 Å². The van der Waals surface area contributed by atoms with Crippen molar-refractivity contribution in [2.24, 2.45) is 0 Å². The highest BCUT2D eigenvalue weighted by molar-refractivity contribution is 6.38. The Bertz CT molecular complexity index is 389. The zero-order chi connectivity index (χ0) is 10.9. The number of ether oxygens (including phenoxy) is 1. The number of halogens is 2. The van der Waals surface area contributed by atoms with Crippen LogP contribution in [0, 0.1) is 0 Å². The van der Waals surface area contributed by atoms with Gasteiger partial charge in [-0.3, -0.25) is 0 Å². The van der Waals surface area contributed by atoms with Gasteiger partial charge in [0.1, 0.15) is 10.6 Å². The maximum Gasteiger partial charge on any atom is 0.339 e. The Balaban J connectivity index is 3.51. The van der Waals surface area contributed by atoms with E-state index in [1.165, 1.54) is 7.11 Å². The van der Waals surface area contributed by atoms with Crippen molar-refractivity contribution in [2.45, 2.75) is 0 Å². The summed E-state index contributed by atoms with van der Waals surface area (Å²) in [5.41, 5.74) is -0.194. The second-order valence-corrected chi connectivity index (χ2v) is 3.19. The van der Waals surface area contributed by atoms with E-state index >= 15 is 0 Å². The first-order valence-corrected chi connectivity index (χ1v) is 4.22. The number of hydrogen-bond acceptors (Lipinski definition) is 3. The Morgan fingerprint density at radius 1 is 1.50 bits per heavy atom. The first-order valence-electron chi connectivity index (χ1n) is 3.47. The Hall–Kier alpha value is -1.13. The second kappa shape index (κ2) is 3.94. The Morgan fingerprint density at radius 2 is 2.07 bits per heavy atom. The monoisotopic (exact) mass is 236 g/mol. The molecule has 6 heteroatoms. The molecule has 0 saturated heterocycles. The smallest absolute Gasteiger partial charge is 0.339 e. The van der Waals surface area contributed by atoms with E-state index in [1.54, 1.807) is 0 Å². The van der Waals surface area contributed by atoms with E-state index < -0.39 is 11.7 Å². The average Bonchev–Trinajstić information content (AvgIpc) is 2.13. The first kappa shape index (κ1) is 10.9. The van der Waals surface area contributed by atoms with E-state index in [-0.39, 0.29) is 21.4 Å². The minimum absolute atomic E-state index is 0.110. The summed E-state index contributed by atoms with van der Waals surface area (Å²) < 4.78 is 4.74. The van der Waals surface area contributed by atoms with Crippen LogP contribution in [-0.4, -0.2) is 23.3 Å². The quantitative estimate of drug-likeness (QED) is 0.828. The third-order valence-electron chi connectivity index (χ3n) is 1.58. The highest BCUT2D eigenvalue weighted by Crippen LogP contribution is 2.41. The number of phenols is 1. The molecule has 1 aromatic carbocycles. The number of benzene rings is 1. The molecule has 0 radical (unpaired) electrons. The molecule has 2 N–H and O–H groups in total. The number of carboxylic acids is 1. The molecule has 1 aromatic rings. The predicted molar refractivity (Wildman–Crippen MR) is 51.6 cm³/mol. The largest absolute Gasteiger partial charge is 0.505 e.